The molecule has 1 fully saturated rings. The molecule has 0 radical (unpaired) electrons. The molecule has 0 spiro atoms. The zero-order valence-corrected chi connectivity index (χ0v) is 15.4. The normalized spacial score (nSPS) is 15.9. The van der Waals surface area contributed by atoms with Crippen LogP contribution in [0.25, 0.3) is 16.9 Å². The fourth-order valence-corrected chi connectivity index (χ4v) is 3.64. The highest BCUT2D eigenvalue weighted by molar-refractivity contribution is 7.06. The third-order valence-corrected chi connectivity index (χ3v) is 5.37. The molecular weight excluding hydrogens is 379 g/mol. The third-order valence-electron chi connectivity index (χ3n) is 4.67. The van der Waals surface area contributed by atoms with Crippen molar-refractivity contribution in [1.29, 1.82) is 0 Å². The van der Waals surface area contributed by atoms with Gasteiger partial charge in [-0.25, -0.2) is 14.3 Å². The van der Waals surface area contributed by atoms with E-state index in [1.54, 1.807) is 10.6 Å². The Hall–Kier alpha value is -2.49. The number of carbonyl (C=O) groups excluding carboxylic acids is 1. The van der Waals surface area contributed by atoms with E-state index < -0.39 is 24.0 Å². The maximum absolute atomic E-state index is 13.2. The fourth-order valence-electron chi connectivity index (χ4n) is 3.07. The highest BCUT2D eigenvalue weighted by Crippen LogP contribution is 2.40. The summed E-state index contributed by atoms with van der Waals surface area (Å²) in [5, 5.41) is 2.11. The highest BCUT2D eigenvalue weighted by Gasteiger charge is 2.50. The second-order valence-electron chi connectivity index (χ2n) is 6.70. The summed E-state index contributed by atoms with van der Waals surface area (Å²) in [5.74, 6) is -1.43. The Morgan fingerprint density at radius 2 is 2.11 bits per heavy atom. The first-order valence-corrected chi connectivity index (χ1v) is 9.17. The molecule has 1 aliphatic carbocycles. The first-order valence-electron chi connectivity index (χ1n) is 8.39. The maximum Gasteiger partial charge on any atom is 0.408 e. The molecule has 142 valence electrons. The molecule has 1 aliphatic rings. The van der Waals surface area contributed by atoms with Crippen molar-refractivity contribution >= 4 is 23.1 Å². The zero-order valence-electron chi connectivity index (χ0n) is 14.5. The maximum atomic E-state index is 13.2. The summed E-state index contributed by atoms with van der Waals surface area (Å²) >= 11 is 1.33. The van der Waals surface area contributed by atoms with Crippen molar-refractivity contribution in [2.24, 2.45) is 5.92 Å². The van der Waals surface area contributed by atoms with Gasteiger partial charge in [0.05, 0.1) is 11.9 Å². The van der Waals surface area contributed by atoms with Gasteiger partial charge in [0, 0.05) is 16.1 Å². The van der Waals surface area contributed by atoms with Crippen LogP contribution in [0.1, 0.15) is 33.9 Å². The van der Waals surface area contributed by atoms with Gasteiger partial charge in [0.2, 0.25) is 0 Å². The van der Waals surface area contributed by atoms with Gasteiger partial charge in [-0.1, -0.05) is 0 Å². The summed E-state index contributed by atoms with van der Waals surface area (Å²) < 4.78 is 45.4. The number of fused-ring (bicyclic) bond motifs is 1. The molecule has 1 N–H and O–H groups in total. The number of hydrogen-bond acceptors (Lipinski definition) is 5. The number of aromatic nitrogens is 4. The predicted octanol–water partition coefficient (Wildman–Crippen LogP) is 3.54. The van der Waals surface area contributed by atoms with Crippen LogP contribution >= 0.6 is 11.5 Å². The Morgan fingerprint density at radius 1 is 1.37 bits per heavy atom. The molecule has 3 aromatic rings. The fraction of sp³-hybridized carbons (Fsp3) is 0.412. The molecule has 0 bridgehead atoms. The van der Waals surface area contributed by atoms with Crippen molar-refractivity contribution in [1.82, 2.24) is 24.1 Å². The van der Waals surface area contributed by atoms with Gasteiger partial charge in [0.15, 0.2) is 11.3 Å². The number of alkyl halides is 3. The van der Waals surface area contributed by atoms with Crippen LogP contribution in [-0.4, -0.2) is 36.9 Å². The van der Waals surface area contributed by atoms with Gasteiger partial charge < -0.3 is 5.32 Å². The van der Waals surface area contributed by atoms with Crippen LogP contribution in [0, 0.1) is 19.8 Å². The van der Waals surface area contributed by atoms with Crippen molar-refractivity contribution < 1.29 is 18.0 Å². The van der Waals surface area contributed by atoms with E-state index in [4.69, 9.17) is 0 Å². The van der Waals surface area contributed by atoms with E-state index in [-0.39, 0.29) is 11.3 Å². The lowest BCUT2D eigenvalue weighted by Crippen LogP contribution is -2.47. The summed E-state index contributed by atoms with van der Waals surface area (Å²) in [4.78, 5) is 22.0. The summed E-state index contributed by atoms with van der Waals surface area (Å²) in [6.45, 7) is 3.72. The van der Waals surface area contributed by atoms with Gasteiger partial charge in [-0.2, -0.15) is 13.2 Å². The van der Waals surface area contributed by atoms with Gasteiger partial charge in [-0.15, -0.1) is 0 Å². The summed E-state index contributed by atoms with van der Waals surface area (Å²) in [6.07, 6.45) is -0.489. The van der Waals surface area contributed by atoms with Crippen LogP contribution < -0.4 is 5.32 Å². The highest BCUT2D eigenvalue weighted by atomic mass is 32.1. The second kappa shape index (κ2) is 6.29. The molecule has 0 unspecified atom stereocenters. The zero-order chi connectivity index (χ0) is 19.3. The second-order valence-corrected chi connectivity index (χ2v) is 7.70. The quantitative estimate of drug-likeness (QED) is 0.734. The van der Waals surface area contributed by atoms with Gasteiger partial charge >= 0.3 is 6.18 Å². The van der Waals surface area contributed by atoms with Crippen molar-refractivity contribution in [2.45, 2.75) is 38.9 Å². The van der Waals surface area contributed by atoms with Crippen LogP contribution in [0.4, 0.5) is 13.2 Å². The number of amides is 1. The van der Waals surface area contributed by atoms with E-state index in [0.29, 0.717) is 18.5 Å². The molecule has 1 atom stereocenters. The lowest BCUT2D eigenvalue weighted by Gasteiger charge is -2.20. The average molecular weight is 395 g/mol. The number of rotatable bonds is 4. The molecule has 10 heteroatoms. The topological polar surface area (TPSA) is 72.2 Å². The lowest BCUT2D eigenvalue weighted by molar-refractivity contribution is -0.158. The number of aryl methyl sites for hydroxylation is 2. The molecule has 0 aromatic carbocycles. The molecule has 3 aromatic heterocycles. The Bertz CT molecular complexity index is 1020. The third kappa shape index (κ3) is 3.29. The standard InChI is InChI=1S/C17H16F3N5OS/c1-8-5-12(11-6-22-27-9(11)2)23-15-13(21-7-25(8)15)16(26)24-14(10-3-4-10)17(18,19)20/h5-7,10,14H,3-4H2,1-2H3,(H,24,26)/t14-/m0/s1. The molecular formula is C17H16F3N5OS. The lowest BCUT2D eigenvalue weighted by atomic mass is 10.1. The van der Waals surface area contributed by atoms with E-state index in [0.717, 1.165) is 16.1 Å². The molecule has 6 nitrogen and oxygen atoms in total. The van der Waals surface area contributed by atoms with Crippen molar-refractivity contribution in [3.8, 4) is 11.3 Å². The minimum atomic E-state index is -4.49. The molecule has 3 heterocycles. The monoisotopic (exact) mass is 395 g/mol. The van der Waals surface area contributed by atoms with Gasteiger partial charge in [-0.3, -0.25) is 9.20 Å². The first-order chi connectivity index (χ1) is 12.8. The predicted molar refractivity (Wildman–Crippen MR) is 93.6 cm³/mol. The Balaban J connectivity index is 1.72. The Labute approximate surface area is 156 Å². The number of nitrogens with zero attached hydrogens (tertiary/aromatic N) is 4. The smallest absolute Gasteiger partial charge is 0.339 e. The first kappa shape index (κ1) is 17.9. The number of hydrogen-bond donors (Lipinski definition) is 1. The largest absolute Gasteiger partial charge is 0.408 e. The van der Waals surface area contributed by atoms with Crippen LogP contribution in [0.5, 0.6) is 0 Å². The van der Waals surface area contributed by atoms with E-state index >= 15 is 0 Å². The number of imidazole rings is 1. The number of halogens is 3. The molecule has 27 heavy (non-hydrogen) atoms. The SMILES string of the molecule is Cc1sncc1-c1cc(C)n2cnc(C(=O)N[C@@H](C3CC3)C(F)(F)F)c2n1. The van der Waals surface area contributed by atoms with Crippen molar-refractivity contribution in [3.05, 3.63) is 34.9 Å². The summed E-state index contributed by atoms with van der Waals surface area (Å²) in [6, 6.07) is -0.0233. The van der Waals surface area contributed by atoms with Crippen LogP contribution in [-0.2, 0) is 0 Å². The van der Waals surface area contributed by atoms with Gasteiger partial charge in [-0.05, 0) is 50.2 Å². The van der Waals surface area contributed by atoms with Gasteiger partial charge in [0.25, 0.3) is 5.91 Å². The molecule has 4 rings (SSSR count). The van der Waals surface area contributed by atoms with Crippen LogP contribution in [0.2, 0.25) is 0 Å². The minimum absolute atomic E-state index is 0.115. The van der Waals surface area contributed by atoms with E-state index in [1.807, 2.05) is 19.9 Å². The van der Waals surface area contributed by atoms with Crippen LogP contribution in [0.15, 0.2) is 18.6 Å². The van der Waals surface area contributed by atoms with E-state index in [2.05, 4.69) is 19.7 Å². The minimum Gasteiger partial charge on any atom is -0.339 e. The molecule has 1 amide bonds. The summed E-state index contributed by atoms with van der Waals surface area (Å²) in [7, 11) is 0. The average Bonchev–Trinajstić information content (AvgIpc) is 3.17. The summed E-state index contributed by atoms with van der Waals surface area (Å²) in [5.41, 5.74) is 2.31. The Morgan fingerprint density at radius 3 is 2.70 bits per heavy atom. The molecule has 0 saturated heterocycles. The number of carbonyl (C=O) groups is 1. The molecule has 0 aliphatic heterocycles. The van der Waals surface area contributed by atoms with E-state index in [9.17, 15) is 18.0 Å². The van der Waals surface area contributed by atoms with Crippen LogP contribution in [0.3, 0.4) is 0 Å². The van der Waals surface area contributed by atoms with E-state index in [1.165, 1.54) is 17.9 Å². The van der Waals surface area contributed by atoms with Crippen molar-refractivity contribution in [2.75, 3.05) is 0 Å². The molecule has 1 saturated carbocycles. The number of nitrogens with one attached hydrogen (secondary N) is 1. The van der Waals surface area contributed by atoms with Gasteiger partial charge in [0.1, 0.15) is 12.4 Å². The van der Waals surface area contributed by atoms with Crippen molar-refractivity contribution in [3.63, 3.8) is 0 Å². The Kier molecular flexibility index (Phi) is 4.17.